The Hall–Kier alpha value is -0.795. The Morgan fingerprint density at radius 3 is 2.11 bits per heavy atom. The summed E-state index contributed by atoms with van der Waals surface area (Å²) in [7, 11) is -0.246. The molecule has 0 aliphatic carbocycles. The minimum absolute atomic E-state index is 0.246. The molecule has 0 spiro atoms. The Balaban J connectivity index is 2.37. The molecule has 3 heteroatoms. The molecule has 2 nitrogen and oxygen atoms in total. The second kappa shape index (κ2) is 4.39. The Kier molecular flexibility index (Phi) is 3.33. The maximum absolute atomic E-state index is 6.13. The van der Waals surface area contributed by atoms with Crippen molar-refractivity contribution in [1.29, 1.82) is 0 Å². The predicted molar refractivity (Wildman–Crippen MR) is 76.3 cm³/mol. The minimum Gasteiger partial charge on any atom is -0.399 e. The van der Waals surface area contributed by atoms with E-state index in [2.05, 4.69) is 59.7 Å². The van der Waals surface area contributed by atoms with Crippen molar-refractivity contribution in [2.24, 2.45) is 0 Å². The van der Waals surface area contributed by atoms with Gasteiger partial charge >= 0.3 is 7.12 Å². The molecule has 0 unspecified atom stereocenters. The number of hydrogen-bond donors (Lipinski definition) is 0. The van der Waals surface area contributed by atoms with Gasteiger partial charge in [0.25, 0.3) is 0 Å². The zero-order valence-electron chi connectivity index (χ0n) is 12.3. The van der Waals surface area contributed by atoms with Crippen molar-refractivity contribution in [3.8, 4) is 0 Å². The first-order chi connectivity index (χ1) is 8.27. The number of hydrogen-bond acceptors (Lipinski definition) is 2. The van der Waals surface area contributed by atoms with Crippen molar-refractivity contribution in [3.63, 3.8) is 0 Å². The maximum Gasteiger partial charge on any atom is 0.495 e. The normalized spacial score (nSPS) is 21.3. The lowest BCUT2D eigenvalue weighted by Crippen LogP contribution is -2.41. The van der Waals surface area contributed by atoms with Crippen molar-refractivity contribution in [2.45, 2.75) is 59.2 Å². The topological polar surface area (TPSA) is 18.5 Å². The van der Waals surface area contributed by atoms with Gasteiger partial charge in [-0.2, -0.15) is 0 Å². The quantitative estimate of drug-likeness (QED) is 0.747. The first-order valence-electron chi connectivity index (χ1n) is 6.72. The lowest BCUT2D eigenvalue weighted by molar-refractivity contribution is 0.00578. The third-order valence-corrected chi connectivity index (χ3v) is 4.19. The monoisotopic (exact) mass is 246 g/mol. The zero-order chi connectivity index (χ0) is 13.6. The van der Waals surface area contributed by atoms with Crippen molar-refractivity contribution in [3.05, 3.63) is 29.3 Å². The highest BCUT2D eigenvalue weighted by atomic mass is 16.7. The summed E-state index contributed by atoms with van der Waals surface area (Å²) in [6, 6.07) is 6.50. The Morgan fingerprint density at radius 2 is 1.61 bits per heavy atom. The third-order valence-electron chi connectivity index (χ3n) is 4.19. The van der Waals surface area contributed by atoms with Gasteiger partial charge in [0.1, 0.15) is 0 Å². The van der Waals surface area contributed by atoms with Crippen LogP contribution >= 0.6 is 0 Å². The average molecular weight is 246 g/mol. The van der Waals surface area contributed by atoms with Gasteiger partial charge in [0.2, 0.25) is 0 Å². The van der Waals surface area contributed by atoms with Crippen LogP contribution in [-0.2, 0) is 15.7 Å². The molecular weight excluding hydrogens is 223 g/mol. The molecule has 1 aromatic carbocycles. The predicted octanol–water partition coefficient (Wildman–Crippen LogP) is 2.86. The highest BCUT2D eigenvalue weighted by Gasteiger charge is 2.52. The number of benzene rings is 1. The molecule has 1 heterocycles. The van der Waals surface area contributed by atoms with Gasteiger partial charge in [-0.25, -0.2) is 0 Å². The van der Waals surface area contributed by atoms with E-state index in [0.717, 1.165) is 6.42 Å². The van der Waals surface area contributed by atoms with Crippen LogP contribution in [0.1, 0.15) is 45.7 Å². The van der Waals surface area contributed by atoms with Crippen molar-refractivity contribution >= 4 is 12.6 Å². The van der Waals surface area contributed by atoms with E-state index in [4.69, 9.17) is 9.31 Å². The molecule has 2 rings (SSSR count). The molecule has 0 atom stereocenters. The van der Waals surface area contributed by atoms with Crippen LogP contribution in [0.4, 0.5) is 0 Å². The van der Waals surface area contributed by atoms with Crippen LogP contribution in [0.15, 0.2) is 18.2 Å². The summed E-state index contributed by atoms with van der Waals surface area (Å²) in [5.41, 5.74) is 3.19. The van der Waals surface area contributed by atoms with E-state index < -0.39 is 0 Å². The van der Waals surface area contributed by atoms with Gasteiger partial charge in [0, 0.05) is 0 Å². The van der Waals surface area contributed by atoms with Crippen LogP contribution in [0.25, 0.3) is 0 Å². The molecule has 1 aliphatic rings. The molecule has 0 aromatic heterocycles. The smallest absolute Gasteiger partial charge is 0.399 e. The molecule has 0 amide bonds. The molecular formula is C15H23BO2. The zero-order valence-corrected chi connectivity index (χ0v) is 12.3. The summed E-state index contributed by atoms with van der Waals surface area (Å²) in [6.45, 7) is 12.6. The molecule has 1 aliphatic heterocycles. The summed E-state index contributed by atoms with van der Waals surface area (Å²) in [5, 5.41) is 0. The Labute approximate surface area is 111 Å². The Morgan fingerprint density at radius 1 is 1.06 bits per heavy atom. The van der Waals surface area contributed by atoms with E-state index in [0.29, 0.717) is 0 Å². The fraction of sp³-hybridized carbons (Fsp3) is 0.600. The summed E-state index contributed by atoms with van der Waals surface area (Å²) < 4.78 is 12.3. The van der Waals surface area contributed by atoms with Gasteiger partial charge in [0.15, 0.2) is 0 Å². The lowest BCUT2D eigenvalue weighted by Gasteiger charge is -2.32. The van der Waals surface area contributed by atoms with Crippen molar-refractivity contribution in [1.82, 2.24) is 0 Å². The van der Waals surface area contributed by atoms with Gasteiger partial charge in [-0.05, 0) is 52.1 Å². The molecule has 1 fully saturated rings. The van der Waals surface area contributed by atoms with Crippen molar-refractivity contribution < 1.29 is 9.31 Å². The van der Waals surface area contributed by atoms with Crippen LogP contribution in [0.2, 0.25) is 0 Å². The first-order valence-corrected chi connectivity index (χ1v) is 6.72. The second-order valence-corrected chi connectivity index (χ2v) is 6.14. The molecule has 1 saturated heterocycles. The van der Waals surface area contributed by atoms with Crippen molar-refractivity contribution in [2.75, 3.05) is 0 Å². The molecule has 0 saturated carbocycles. The highest BCUT2D eigenvalue weighted by Crippen LogP contribution is 2.36. The molecule has 0 radical (unpaired) electrons. The number of rotatable bonds is 2. The van der Waals surface area contributed by atoms with Gasteiger partial charge < -0.3 is 9.31 Å². The van der Waals surface area contributed by atoms with E-state index in [-0.39, 0.29) is 18.3 Å². The fourth-order valence-corrected chi connectivity index (χ4v) is 2.23. The number of aryl methyl sites for hydroxylation is 2. The van der Waals surface area contributed by atoms with Gasteiger partial charge in [0.05, 0.1) is 11.2 Å². The van der Waals surface area contributed by atoms with Crippen LogP contribution in [0, 0.1) is 6.92 Å². The van der Waals surface area contributed by atoms with Gasteiger partial charge in [-0.3, -0.25) is 0 Å². The summed E-state index contributed by atoms with van der Waals surface area (Å²) in [6.07, 6.45) is 1.000. The molecule has 18 heavy (non-hydrogen) atoms. The van der Waals surface area contributed by atoms with E-state index in [9.17, 15) is 0 Å². The summed E-state index contributed by atoms with van der Waals surface area (Å²) >= 11 is 0. The maximum atomic E-state index is 6.13. The Bertz CT molecular complexity index is 436. The van der Waals surface area contributed by atoms with Crippen LogP contribution in [0.5, 0.6) is 0 Å². The van der Waals surface area contributed by atoms with Crippen LogP contribution < -0.4 is 5.46 Å². The SMILES string of the molecule is CCc1ccc(C)cc1B1OC(C)(C)C(C)(C)O1. The average Bonchev–Trinajstić information content (AvgIpc) is 2.48. The van der Waals surface area contributed by atoms with E-state index >= 15 is 0 Å². The summed E-state index contributed by atoms with van der Waals surface area (Å²) in [5.74, 6) is 0. The van der Waals surface area contributed by atoms with E-state index in [1.165, 1.54) is 16.6 Å². The highest BCUT2D eigenvalue weighted by molar-refractivity contribution is 6.62. The molecule has 1 aromatic rings. The van der Waals surface area contributed by atoms with E-state index in [1.807, 2.05) is 0 Å². The lowest BCUT2D eigenvalue weighted by atomic mass is 9.74. The molecule has 98 valence electrons. The van der Waals surface area contributed by atoms with Gasteiger partial charge in [-0.1, -0.05) is 30.7 Å². The minimum atomic E-state index is -0.271. The fourth-order valence-electron chi connectivity index (χ4n) is 2.23. The largest absolute Gasteiger partial charge is 0.495 e. The van der Waals surface area contributed by atoms with Crippen LogP contribution in [0.3, 0.4) is 0 Å². The van der Waals surface area contributed by atoms with Gasteiger partial charge in [-0.15, -0.1) is 0 Å². The first kappa shape index (κ1) is 13.6. The third kappa shape index (κ3) is 2.22. The summed E-state index contributed by atoms with van der Waals surface area (Å²) in [4.78, 5) is 0. The van der Waals surface area contributed by atoms with Crippen LogP contribution in [-0.4, -0.2) is 18.3 Å². The standard InChI is InChI=1S/C15H23BO2/c1-7-12-9-8-11(2)10-13(12)16-17-14(3,4)15(5,6)18-16/h8-10H,7H2,1-6H3. The molecule has 0 bridgehead atoms. The molecule has 0 N–H and O–H groups in total. The van der Waals surface area contributed by atoms with E-state index in [1.54, 1.807) is 0 Å². The second-order valence-electron chi connectivity index (χ2n) is 6.14.